The Labute approximate surface area is 196 Å². The second kappa shape index (κ2) is 9.75. The maximum Gasteiger partial charge on any atom is 0.416 e. The first-order valence-corrected chi connectivity index (χ1v) is 11.7. The van der Waals surface area contributed by atoms with Gasteiger partial charge in [-0.1, -0.05) is 24.3 Å². The van der Waals surface area contributed by atoms with Gasteiger partial charge in [-0.15, -0.1) is 11.6 Å². The van der Waals surface area contributed by atoms with E-state index in [1.165, 1.54) is 23.3 Å². The Bertz CT molecular complexity index is 1000. The zero-order valence-corrected chi connectivity index (χ0v) is 18.9. The van der Waals surface area contributed by atoms with E-state index in [-0.39, 0.29) is 35.3 Å². The topological polar surface area (TPSA) is 40.6 Å². The number of nitrogens with zero attached hydrogens (tertiary/aromatic N) is 2. The molecule has 0 aromatic heterocycles. The molecule has 0 radical (unpaired) electrons. The molecule has 8 heteroatoms. The van der Waals surface area contributed by atoms with Crippen LogP contribution in [0.2, 0.25) is 0 Å². The molecular weight excluding hydrogens is 453 g/mol. The third-order valence-corrected chi connectivity index (χ3v) is 6.91. The van der Waals surface area contributed by atoms with E-state index in [1.54, 1.807) is 4.90 Å². The van der Waals surface area contributed by atoms with Crippen LogP contribution in [-0.2, 0) is 17.4 Å². The fourth-order valence-corrected chi connectivity index (χ4v) is 5.19. The van der Waals surface area contributed by atoms with Crippen molar-refractivity contribution in [1.29, 1.82) is 0 Å². The molecule has 0 saturated carbocycles. The summed E-state index contributed by atoms with van der Waals surface area (Å²) in [6.07, 6.45) is -0.351. The van der Waals surface area contributed by atoms with E-state index < -0.39 is 11.7 Å². The van der Waals surface area contributed by atoms with Crippen LogP contribution in [0.5, 0.6) is 0 Å². The summed E-state index contributed by atoms with van der Waals surface area (Å²) in [4.78, 5) is 29.3. The van der Waals surface area contributed by atoms with Crippen LogP contribution in [0.1, 0.15) is 58.8 Å². The number of hydrogen-bond donors (Lipinski definition) is 0. The molecule has 0 N–H and O–H groups in total. The number of likely N-dealkylation sites (tertiary alicyclic amines) is 1. The van der Waals surface area contributed by atoms with Gasteiger partial charge in [-0.2, -0.15) is 13.2 Å². The maximum absolute atomic E-state index is 12.9. The second-order valence-corrected chi connectivity index (χ2v) is 8.91. The van der Waals surface area contributed by atoms with E-state index in [1.807, 2.05) is 17.0 Å². The van der Waals surface area contributed by atoms with Crippen molar-refractivity contribution in [2.75, 3.05) is 19.0 Å². The summed E-state index contributed by atoms with van der Waals surface area (Å²) in [6.45, 7) is 0.871. The van der Waals surface area contributed by atoms with Gasteiger partial charge in [0, 0.05) is 24.7 Å². The first-order valence-electron chi connectivity index (χ1n) is 11.2. The fourth-order valence-electron chi connectivity index (χ4n) is 5.05. The maximum atomic E-state index is 12.9. The Hall–Kier alpha value is -2.54. The highest BCUT2D eigenvalue weighted by Gasteiger charge is 2.36. The lowest BCUT2D eigenvalue weighted by atomic mass is 9.85. The van der Waals surface area contributed by atoms with E-state index in [0.717, 1.165) is 31.4 Å². The Morgan fingerprint density at radius 3 is 2.30 bits per heavy atom. The van der Waals surface area contributed by atoms with Crippen LogP contribution in [0.4, 0.5) is 13.2 Å². The molecule has 2 aromatic carbocycles. The summed E-state index contributed by atoms with van der Waals surface area (Å²) in [7, 11) is 0. The molecular formula is C25H26ClF3N2O2. The summed E-state index contributed by atoms with van der Waals surface area (Å²) in [5, 5.41) is 0. The van der Waals surface area contributed by atoms with Crippen molar-refractivity contribution in [2.45, 2.75) is 50.4 Å². The van der Waals surface area contributed by atoms with Gasteiger partial charge in [0.1, 0.15) is 5.88 Å². The molecule has 1 aliphatic heterocycles. The largest absolute Gasteiger partial charge is 0.416 e. The Morgan fingerprint density at radius 1 is 1.00 bits per heavy atom. The lowest BCUT2D eigenvalue weighted by molar-refractivity contribution is -0.137. The minimum Gasteiger partial charge on any atom is -0.338 e. The van der Waals surface area contributed by atoms with Crippen molar-refractivity contribution in [2.24, 2.45) is 0 Å². The first-order chi connectivity index (χ1) is 15.8. The quantitative estimate of drug-likeness (QED) is 0.548. The molecule has 1 fully saturated rings. The summed E-state index contributed by atoms with van der Waals surface area (Å²) >= 11 is 5.98. The minimum absolute atomic E-state index is 0.0247. The highest BCUT2D eigenvalue weighted by molar-refractivity contribution is 6.27. The number of alkyl halides is 4. The van der Waals surface area contributed by atoms with Crippen LogP contribution in [0.25, 0.3) is 0 Å². The Balaban J connectivity index is 1.46. The highest BCUT2D eigenvalue weighted by Crippen LogP contribution is 2.37. The van der Waals surface area contributed by atoms with Crippen molar-refractivity contribution in [1.82, 2.24) is 9.80 Å². The molecule has 176 valence electrons. The van der Waals surface area contributed by atoms with Crippen LogP contribution in [-0.4, -0.2) is 46.6 Å². The summed E-state index contributed by atoms with van der Waals surface area (Å²) in [6, 6.07) is 12.4. The monoisotopic (exact) mass is 478 g/mol. The van der Waals surface area contributed by atoms with Crippen LogP contribution in [0.15, 0.2) is 48.5 Å². The van der Waals surface area contributed by atoms with Crippen molar-refractivity contribution in [3.8, 4) is 0 Å². The number of amides is 2. The van der Waals surface area contributed by atoms with Gasteiger partial charge in [0.05, 0.1) is 11.6 Å². The number of carbonyl (C=O) groups is 2. The van der Waals surface area contributed by atoms with Crippen molar-refractivity contribution >= 4 is 23.4 Å². The van der Waals surface area contributed by atoms with E-state index >= 15 is 0 Å². The molecule has 1 heterocycles. The molecule has 1 unspecified atom stereocenters. The van der Waals surface area contributed by atoms with E-state index in [9.17, 15) is 22.8 Å². The van der Waals surface area contributed by atoms with Crippen LogP contribution >= 0.6 is 11.6 Å². The number of hydrogen-bond acceptors (Lipinski definition) is 2. The van der Waals surface area contributed by atoms with Crippen LogP contribution in [0.3, 0.4) is 0 Å². The number of halogens is 4. The van der Waals surface area contributed by atoms with Gasteiger partial charge in [0.25, 0.3) is 5.91 Å². The summed E-state index contributed by atoms with van der Waals surface area (Å²) in [5.74, 6) is -0.491. The van der Waals surface area contributed by atoms with Gasteiger partial charge in [-0.05, 0) is 67.5 Å². The molecule has 0 bridgehead atoms. The van der Waals surface area contributed by atoms with Gasteiger partial charge >= 0.3 is 6.18 Å². The standard InChI is InChI=1S/C25H26ClF3N2O2/c26-16-23(32)31(22-7-3-5-17-4-1-2-6-21(17)22)20-12-14-30(15-13-20)24(33)18-8-10-19(11-9-18)25(27,28)29/h1-2,4,6,8-11,20,22H,3,5,7,12-16H2. The van der Waals surface area contributed by atoms with Gasteiger partial charge in [0.15, 0.2) is 0 Å². The Morgan fingerprint density at radius 2 is 1.67 bits per heavy atom. The van der Waals surface area contributed by atoms with Gasteiger partial charge < -0.3 is 9.80 Å². The summed E-state index contributed by atoms with van der Waals surface area (Å²) in [5.41, 5.74) is 1.89. The number of benzene rings is 2. The molecule has 1 atom stereocenters. The molecule has 1 saturated heterocycles. The van der Waals surface area contributed by atoms with E-state index in [2.05, 4.69) is 12.1 Å². The number of aryl methyl sites for hydroxylation is 1. The average molecular weight is 479 g/mol. The fraction of sp³-hybridized carbons (Fsp3) is 0.440. The number of carbonyl (C=O) groups excluding carboxylic acids is 2. The normalized spacial score (nSPS) is 19.2. The zero-order chi connectivity index (χ0) is 23.6. The lowest BCUT2D eigenvalue weighted by Gasteiger charge is -2.44. The molecule has 33 heavy (non-hydrogen) atoms. The predicted molar refractivity (Wildman–Crippen MR) is 120 cm³/mol. The third-order valence-electron chi connectivity index (χ3n) is 6.68. The number of piperidine rings is 1. The Kier molecular flexibility index (Phi) is 6.98. The van der Waals surface area contributed by atoms with Crippen molar-refractivity contribution in [3.05, 3.63) is 70.8 Å². The molecule has 0 spiro atoms. The smallest absolute Gasteiger partial charge is 0.338 e. The van der Waals surface area contributed by atoms with Crippen LogP contribution < -0.4 is 0 Å². The molecule has 1 aliphatic carbocycles. The van der Waals surface area contributed by atoms with Gasteiger partial charge in [0.2, 0.25) is 5.91 Å². The lowest BCUT2D eigenvalue weighted by Crippen LogP contribution is -2.50. The van der Waals surface area contributed by atoms with Crippen LogP contribution in [0, 0.1) is 0 Å². The number of rotatable bonds is 4. The van der Waals surface area contributed by atoms with E-state index in [4.69, 9.17) is 11.6 Å². The highest BCUT2D eigenvalue weighted by atomic mass is 35.5. The minimum atomic E-state index is -4.43. The van der Waals surface area contributed by atoms with Gasteiger partial charge in [-0.3, -0.25) is 9.59 Å². The number of fused-ring (bicyclic) bond motifs is 1. The van der Waals surface area contributed by atoms with Crippen molar-refractivity contribution in [3.63, 3.8) is 0 Å². The average Bonchev–Trinajstić information content (AvgIpc) is 2.84. The molecule has 2 aromatic rings. The zero-order valence-electron chi connectivity index (χ0n) is 18.2. The molecule has 2 amide bonds. The van der Waals surface area contributed by atoms with E-state index in [0.29, 0.717) is 25.9 Å². The van der Waals surface area contributed by atoms with Gasteiger partial charge in [-0.25, -0.2) is 0 Å². The SMILES string of the molecule is O=C(c1ccc(C(F)(F)F)cc1)N1CCC(N(C(=O)CCl)C2CCCc3ccccc32)CC1. The molecule has 2 aliphatic rings. The molecule has 4 rings (SSSR count). The third kappa shape index (κ3) is 5.03. The van der Waals surface area contributed by atoms with Crippen molar-refractivity contribution < 1.29 is 22.8 Å². The first kappa shape index (κ1) is 23.6. The predicted octanol–water partition coefficient (Wildman–Crippen LogP) is 5.46. The summed E-state index contributed by atoms with van der Waals surface area (Å²) < 4.78 is 38.4. The molecule has 4 nitrogen and oxygen atoms in total. The second-order valence-electron chi connectivity index (χ2n) is 8.64.